The van der Waals surface area contributed by atoms with Crippen LogP contribution in [0, 0.1) is 47.1 Å². The summed E-state index contributed by atoms with van der Waals surface area (Å²) < 4.78 is 26.3. The monoisotopic (exact) mass is 372 g/mol. The van der Waals surface area contributed by atoms with E-state index in [-0.39, 0.29) is 0 Å². The van der Waals surface area contributed by atoms with Crippen molar-refractivity contribution < 1.29 is 8.78 Å². The Balaban J connectivity index is 1.41. The van der Waals surface area contributed by atoms with Crippen LogP contribution in [0.1, 0.15) is 89.5 Å². The second-order valence-electron chi connectivity index (χ2n) is 8.79. The number of rotatable bonds is 5. The summed E-state index contributed by atoms with van der Waals surface area (Å²) in [5, 5.41) is 0. The molecule has 0 atom stereocenters. The van der Waals surface area contributed by atoms with Crippen LogP contribution in [0.5, 0.6) is 0 Å². The lowest BCUT2D eigenvalue weighted by Crippen LogP contribution is -2.25. The van der Waals surface area contributed by atoms with Gasteiger partial charge in [-0.3, -0.25) is 0 Å². The molecule has 1 aromatic carbocycles. The number of hydrogen-bond acceptors (Lipinski definition) is 0. The van der Waals surface area contributed by atoms with Gasteiger partial charge in [0.15, 0.2) is 11.6 Å². The normalized spacial score (nSPS) is 28.4. The van der Waals surface area contributed by atoms with Crippen molar-refractivity contribution in [2.24, 2.45) is 23.7 Å². The van der Waals surface area contributed by atoms with Gasteiger partial charge in [0.05, 0.1) is 0 Å². The van der Waals surface area contributed by atoms with Gasteiger partial charge in [-0.1, -0.05) is 57.3 Å². The zero-order valence-corrected chi connectivity index (χ0v) is 16.8. The molecular formula is C25H34F2. The highest BCUT2D eigenvalue weighted by molar-refractivity contribution is 5.35. The molecule has 0 nitrogen and oxygen atoms in total. The van der Waals surface area contributed by atoms with Crippen LogP contribution in [0.4, 0.5) is 8.78 Å². The fraction of sp³-hybridized carbons (Fsp3) is 0.680. The van der Waals surface area contributed by atoms with Crippen molar-refractivity contribution in [3.05, 3.63) is 35.4 Å². The highest BCUT2D eigenvalue weighted by Gasteiger charge is 2.30. The maximum atomic E-state index is 13.3. The molecule has 0 spiro atoms. The van der Waals surface area contributed by atoms with E-state index in [4.69, 9.17) is 0 Å². The molecule has 0 saturated heterocycles. The minimum Gasteiger partial charge on any atom is -0.204 e. The van der Waals surface area contributed by atoms with Crippen LogP contribution in [0.2, 0.25) is 0 Å². The van der Waals surface area contributed by atoms with Gasteiger partial charge in [-0.05, 0) is 74.5 Å². The first-order valence-corrected chi connectivity index (χ1v) is 11.1. The standard InChI is InChI=1S/C25H34F2/c1-2-3-4-5-19-8-13-22(14-9-19)23-15-10-20(11-16-23)6-7-21-12-17-24(26)25(27)18-21/h12,17-20,22-23H,2-5,8-11,13-16H2,1H3/t19-,20-,22-,23-. The average Bonchev–Trinajstić information content (AvgIpc) is 2.70. The molecule has 2 fully saturated rings. The second kappa shape index (κ2) is 10.3. The van der Waals surface area contributed by atoms with Crippen molar-refractivity contribution in [1.82, 2.24) is 0 Å². The number of benzene rings is 1. The largest absolute Gasteiger partial charge is 0.204 e. The molecule has 2 aliphatic carbocycles. The summed E-state index contributed by atoms with van der Waals surface area (Å²) in [7, 11) is 0. The van der Waals surface area contributed by atoms with Crippen LogP contribution in [-0.4, -0.2) is 0 Å². The Bertz CT molecular complexity index is 638. The second-order valence-corrected chi connectivity index (χ2v) is 8.79. The third kappa shape index (κ3) is 6.06. The van der Waals surface area contributed by atoms with Crippen molar-refractivity contribution in [2.75, 3.05) is 0 Å². The van der Waals surface area contributed by atoms with Gasteiger partial charge in [-0.2, -0.15) is 0 Å². The third-order valence-corrected chi connectivity index (χ3v) is 6.89. The summed E-state index contributed by atoms with van der Waals surface area (Å²) in [6.45, 7) is 2.29. The maximum absolute atomic E-state index is 13.3. The van der Waals surface area contributed by atoms with Crippen molar-refractivity contribution >= 4 is 0 Å². The SMILES string of the molecule is CCCCC[C@H]1CC[C@H]([C@H]2CC[C@H](C#Cc3ccc(F)c(F)c3)CC2)CC1. The van der Waals surface area contributed by atoms with Crippen molar-refractivity contribution in [1.29, 1.82) is 0 Å². The topological polar surface area (TPSA) is 0 Å². The third-order valence-electron chi connectivity index (χ3n) is 6.89. The summed E-state index contributed by atoms with van der Waals surface area (Å²) in [4.78, 5) is 0. The van der Waals surface area contributed by atoms with Crippen LogP contribution in [0.3, 0.4) is 0 Å². The zero-order chi connectivity index (χ0) is 19.1. The van der Waals surface area contributed by atoms with Crippen LogP contribution < -0.4 is 0 Å². The molecule has 0 N–H and O–H groups in total. The number of halogens is 2. The number of unbranched alkanes of at least 4 members (excludes halogenated alkanes) is 2. The summed E-state index contributed by atoms with van der Waals surface area (Å²) in [5.74, 6) is 7.98. The molecule has 0 amide bonds. The molecule has 27 heavy (non-hydrogen) atoms. The minimum atomic E-state index is -0.809. The average molecular weight is 373 g/mol. The Kier molecular flexibility index (Phi) is 7.74. The Morgan fingerprint density at radius 2 is 1.52 bits per heavy atom. The summed E-state index contributed by atoms with van der Waals surface area (Å²) >= 11 is 0. The van der Waals surface area contributed by atoms with Gasteiger partial charge in [-0.25, -0.2) is 8.78 Å². The van der Waals surface area contributed by atoms with E-state index >= 15 is 0 Å². The first-order valence-electron chi connectivity index (χ1n) is 11.1. The Morgan fingerprint density at radius 1 is 0.852 bits per heavy atom. The van der Waals surface area contributed by atoms with E-state index in [1.807, 2.05) is 0 Å². The van der Waals surface area contributed by atoms with Crippen LogP contribution in [0.25, 0.3) is 0 Å². The van der Waals surface area contributed by atoms with E-state index < -0.39 is 11.6 Å². The molecule has 2 aliphatic rings. The molecule has 0 aromatic heterocycles. The quantitative estimate of drug-likeness (QED) is 0.370. The maximum Gasteiger partial charge on any atom is 0.160 e. The molecule has 3 rings (SSSR count). The van der Waals surface area contributed by atoms with Crippen molar-refractivity contribution in [2.45, 2.75) is 84.0 Å². The smallest absolute Gasteiger partial charge is 0.160 e. The fourth-order valence-corrected chi connectivity index (χ4v) is 5.13. The number of hydrogen-bond donors (Lipinski definition) is 0. The Labute approximate surface area is 164 Å². The predicted octanol–water partition coefficient (Wildman–Crippen LogP) is 7.51. The first kappa shape index (κ1) is 20.4. The van der Waals surface area contributed by atoms with E-state index in [1.54, 1.807) is 6.07 Å². The molecule has 2 heteroatoms. The Morgan fingerprint density at radius 3 is 2.15 bits per heavy atom. The van der Waals surface area contributed by atoms with Crippen LogP contribution in [0.15, 0.2) is 18.2 Å². The fourth-order valence-electron chi connectivity index (χ4n) is 5.13. The zero-order valence-electron chi connectivity index (χ0n) is 16.8. The lowest BCUT2D eigenvalue weighted by atomic mass is 9.69. The summed E-state index contributed by atoms with van der Waals surface area (Å²) in [6.07, 6.45) is 16.3. The van der Waals surface area contributed by atoms with Crippen molar-refractivity contribution in [3.8, 4) is 11.8 Å². The van der Waals surface area contributed by atoms with Gasteiger partial charge in [0, 0.05) is 11.5 Å². The molecule has 0 unspecified atom stereocenters. The van der Waals surface area contributed by atoms with Gasteiger partial charge >= 0.3 is 0 Å². The minimum absolute atomic E-state index is 0.416. The molecule has 2 saturated carbocycles. The lowest BCUT2D eigenvalue weighted by molar-refractivity contribution is 0.153. The van der Waals surface area contributed by atoms with E-state index in [0.717, 1.165) is 36.7 Å². The molecule has 1 aromatic rings. The van der Waals surface area contributed by atoms with Gasteiger partial charge < -0.3 is 0 Å². The lowest BCUT2D eigenvalue weighted by Gasteiger charge is -2.37. The highest BCUT2D eigenvalue weighted by Crippen LogP contribution is 2.42. The van der Waals surface area contributed by atoms with E-state index in [1.165, 1.54) is 70.3 Å². The van der Waals surface area contributed by atoms with Crippen molar-refractivity contribution in [3.63, 3.8) is 0 Å². The molecule has 148 valence electrons. The van der Waals surface area contributed by atoms with E-state index in [9.17, 15) is 8.78 Å². The summed E-state index contributed by atoms with van der Waals surface area (Å²) in [5.41, 5.74) is 0.581. The molecule has 0 bridgehead atoms. The van der Waals surface area contributed by atoms with Crippen LogP contribution >= 0.6 is 0 Å². The predicted molar refractivity (Wildman–Crippen MR) is 108 cm³/mol. The van der Waals surface area contributed by atoms with Gasteiger partial charge in [0.1, 0.15) is 0 Å². The molecule has 0 radical (unpaired) electrons. The first-order chi connectivity index (χ1) is 13.2. The van der Waals surface area contributed by atoms with Gasteiger partial charge in [0.2, 0.25) is 0 Å². The van der Waals surface area contributed by atoms with Gasteiger partial charge in [-0.15, -0.1) is 0 Å². The van der Waals surface area contributed by atoms with Gasteiger partial charge in [0.25, 0.3) is 0 Å². The van der Waals surface area contributed by atoms with Crippen LogP contribution in [-0.2, 0) is 0 Å². The molecular weight excluding hydrogens is 338 g/mol. The molecule has 0 aliphatic heterocycles. The summed E-state index contributed by atoms with van der Waals surface area (Å²) in [6, 6.07) is 3.93. The van der Waals surface area contributed by atoms with E-state index in [0.29, 0.717) is 11.5 Å². The van der Waals surface area contributed by atoms with E-state index in [2.05, 4.69) is 18.8 Å². The highest BCUT2D eigenvalue weighted by atomic mass is 19.2. The Hall–Kier alpha value is -1.36. The molecule has 0 heterocycles.